The number of carbonyl (C=O) groups is 1. The summed E-state index contributed by atoms with van der Waals surface area (Å²) in [6.45, 7) is 5.95. The Kier molecular flexibility index (Phi) is 4.56. The van der Waals surface area contributed by atoms with Gasteiger partial charge < -0.3 is 20.3 Å². The van der Waals surface area contributed by atoms with E-state index in [-0.39, 0.29) is 11.9 Å². The highest BCUT2D eigenvalue weighted by Gasteiger charge is 2.21. The molecule has 2 aliphatic heterocycles. The molecule has 5 heteroatoms. The predicted molar refractivity (Wildman–Crippen MR) is 61.3 cm³/mol. The van der Waals surface area contributed by atoms with Crippen LogP contribution >= 0.6 is 0 Å². The summed E-state index contributed by atoms with van der Waals surface area (Å²) in [5.74, 6) is 0.256. The number of carbonyl (C=O) groups excluding carboxylic acids is 1. The van der Waals surface area contributed by atoms with Crippen molar-refractivity contribution in [2.24, 2.45) is 0 Å². The molecule has 0 aromatic heterocycles. The normalized spacial score (nSPS) is 27.5. The quantitative estimate of drug-likeness (QED) is 0.647. The van der Waals surface area contributed by atoms with E-state index < -0.39 is 0 Å². The van der Waals surface area contributed by atoms with Crippen molar-refractivity contribution >= 4 is 5.91 Å². The van der Waals surface area contributed by atoms with Crippen molar-refractivity contribution in [3.63, 3.8) is 0 Å². The Morgan fingerprint density at radius 1 is 1.31 bits per heavy atom. The first-order valence-electron chi connectivity index (χ1n) is 6.16. The third-order valence-electron chi connectivity index (χ3n) is 3.11. The Hall–Kier alpha value is -0.650. The lowest BCUT2D eigenvalue weighted by molar-refractivity contribution is -0.132. The highest BCUT2D eigenvalue weighted by molar-refractivity contribution is 5.76. The number of nitrogens with zero attached hydrogens (tertiary/aromatic N) is 1. The SMILES string of the molecule is O=C(CC1COCCN1)N1CCCNCC1. The van der Waals surface area contributed by atoms with Gasteiger partial charge in [-0.05, 0) is 13.0 Å². The van der Waals surface area contributed by atoms with Crippen LogP contribution in [0.25, 0.3) is 0 Å². The van der Waals surface area contributed by atoms with Crippen LogP contribution in [-0.4, -0.2) is 62.8 Å². The highest BCUT2D eigenvalue weighted by atomic mass is 16.5. The molecule has 2 saturated heterocycles. The minimum Gasteiger partial charge on any atom is -0.378 e. The summed E-state index contributed by atoms with van der Waals surface area (Å²) in [5.41, 5.74) is 0. The summed E-state index contributed by atoms with van der Waals surface area (Å²) in [6, 6.07) is 0.206. The van der Waals surface area contributed by atoms with Crippen LogP contribution in [-0.2, 0) is 9.53 Å². The number of amides is 1. The van der Waals surface area contributed by atoms with E-state index in [1.165, 1.54) is 0 Å². The molecule has 1 atom stereocenters. The Morgan fingerprint density at radius 2 is 2.25 bits per heavy atom. The molecule has 1 unspecified atom stereocenters. The Balaban J connectivity index is 1.76. The van der Waals surface area contributed by atoms with Gasteiger partial charge in [-0.15, -0.1) is 0 Å². The number of hydrogen-bond donors (Lipinski definition) is 2. The Morgan fingerprint density at radius 3 is 3.06 bits per heavy atom. The molecule has 2 aliphatic rings. The Labute approximate surface area is 96.5 Å². The van der Waals surface area contributed by atoms with Gasteiger partial charge in [0.2, 0.25) is 5.91 Å². The molecule has 92 valence electrons. The fraction of sp³-hybridized carbons (Fsp3) is 0.909. The van der Waals surface area contributed by atoms with Crippen molar-refractivity contribution < 1.29 is 9.53 Å². The number of ether oxygens (including phenoxy) is 1. The van der Waals surface area contributed by atoms with E-state index in [9.17, 15) is 4.79 Å². The Bertz CT molecular complexity index is 221. The third kappa shape index (κ3) is 3.43. The van der Waals surface area contributed by atoms with Crippen molar-refractivity contribution in [1.82, 2.24) is 15.5 Å². The number of rotatable bonds is 2. The molecule has 0 aromatic carbocycles. The molecule has 16 heavy (non-hydrogen) atoms. The molecule has 5 nitrogen and oxygen atoms in total. The van der Waals surface area contributed by atoms with Crippen LogP contribution in [0.2, 0.25) is 0 Å². The maximum absolute atomic E-state index is 12.0. The van der Waals surface area contributed by atoms with Crippen LogP contribution in [0.1, 0.15) is 12.8 Å². The molecule has 2 rings (SSSR count). The molecule has 1 amide bonds. The third-order valence-corrected chi connectivity index (χ3v) is 3.11. The lowest BCUT2D eigenvalue weighted by Crippen LogP contribution is -2.45. The average Bonchev–Trinajstić information content (AvgIpc) is 2.59. The molecule has 0 spiro atoms. The van der Waals surface area contributed by atoms with Crippen molar-refractivity contribution in [2.45, 2.75) is 18.9 Å². The van der Waals surface area contributed by atoms with Crippen LogP contribution in [0, 0.1) is 0 Å². The maximum Gasteiger partial charge on any atom is 0.224 e. The van der Waals surface area contributed by atoms with Crippen molar-refractivity contribution in [1.29, 1.82) is 0 Å². The second-order valence-electron chi connectivity index (χ2n) is 4.41. The minimum atomic E-state index is 0.206. The molecular weight excluding hydrogens is 206 g/mol. The van der Waals surface area contributed by atoms with Crippen LogP contribution in [0.4, 0.5) is 0 Å². The van der Waals surface area contributed by atoms with Crippen LogP contribution in [0.3, 0.4) is 0 Å². The minimum absolute atomic E-state index is 0.206. The highest BCUT2D eigenvalue weighted by Crippen LogP contribution is 2.04. The fourth-order valence-corrected chi connectivity index (χ4v) is 2.19. The molecular formula is C11H21N3O2. The molecule has 0 aliphatic carbocycles. The fourth-order valence-electron chi connectivity index (χ4n) is 2.19. The van der Waals surface area contributed by atoms with E-state index in [0.717, 1.165) is 45.8 Å². The van der Waals surface area contributed by atoms with Gasteiger partial charge in [0.05, 0.1) is 13.2 Å². The first-order valence-corrected chi connectivity index (χ1v) is 6.16. The topological polar surface area (TPSA) is 53.6 Å². The monoisotopic (exact) mass is 227 g/mol. The smallest absolute Gasteiger partial charge is 0.224 e. The predicted octanol–water partition coefficient (Wildman–Crippen LogP) is -0.813. The van der Waals surface area contributed by atoms with Gasteiger partial charge in [0, 0.05) is 38.6 Å². The molecule has 2 heterocycles. The summed E-state index contributed by atoms with van der Waals surface area (Å²) in [6.07, 6.45) is 1.63. The van der Waals surface area contributed by atoms with E-state index in [1.54, 1.807) is 0 Å². The van der Waals surface area contributed by atoms with Gasteiger partial charge in [-0.2, -0.15) is 0 Å². The van der Waals surface area contributed by atoms with Gasteiger partial charge in [0.1, 0.15) is 0 Å². The van der Waals surface area contributed by atoms with Crippen molar-refractivity contribution in [2.75, 3.05) is 45.9 Å². The van der Waals surface area contributed by atoms with E-state index in [4.69, 9.17) is 4.74 Å². The number of nitrogens with one attached hydrogen (secondary N) is 2. The standard InChI is InChI=1S/C11H21N3O2/c15-11(8-10-9-16-7-4-13-10)14-5-1-2-12-3-6-14/h10,12-13H,1-9H2. The summed E-state index contributed by atoms with van der Waals surface area (Å²) >= 11 is 0. The maximum atomic E-state index is 12.0. The van der Waals surface area contributed by atoms with E-state index in [0.29, 0.717) is 13.0 Å². The van der Waals surface area contributed by atoms with Gasteiger partial charge in [0.25, 0.3) is 0 Å². The van der Waals surface area contributed by atoms with Crippen molar-refractivity contribution in [3.05, 3.63) is 0 Å². The second-order valence-corrected chi connectivity index (χ2v) is 4.41. The van der Waals surface area contributed by atoms with Crippen LogP contribution < -0.4 is 10.6 Å². The molecule has 0 bridgehead atoms. The average molecular weight is 227 g/mol. The van der Waals surface area contributed by atoms with Crippen LogP contribution in [0.5, 0.6) is 0 Å². The van der Waals surface area contributed by atoms with Gasteiger partial charge in [0.15, 0.2) is 0 Å². The molecule has 0 radical (unpaired) electrons. The van der Waals surface area contributed by atoms with E-state index in [2.05, 4.69) is 10.6 Å². The number of hydrogen-bond acceptors (Lipinski definition) is 4. The zero-order chi connectivity index (χ0) is 11.2. The van der Waals surface area contributed by atoms with Gasteiger partial charge in [-0.3, -0.25) is 4.79 Å². The van der Waals surface area contributed by atoms with Crippen LogP contribution in [0.15, 0.2) is 0 Å². The summed E-state index contributed by atoms with van der Waals surface area (Å²) < 4.78 is 5.35. The molecule has 2 N–H and O–H groups in total. The molecule has 0 saturated carbocycles. The largest absolute Gasteiger partial charge is 0.378 e. The van der Waals surface area contributed by atoms with Crippen molar-refractivity contribution in [3.8, 4) is 0 Å². The lowest BCUT2D eigenvalue weighted by Gasteiger charge is -2.26. The first kappa shape index (κ1) is 11.8. The van der Waals surface area contributed by atoms with Gasteiger partial charge in [-0.1, -0.05) is 0 Å². The second kappa shape index (κ2) is 6.18. The summed E-state index contributed by atoms with van der Waals surface area (Å²) in [4.78, 5) is 14.0. The van der Waals surface area contributed by atoms with E-state index in [1.807, 2.05) is 4.90 Å². The summed E-state index contributed by atoms with van der Waals surface area (Å²) in [7, 11) is 0. The zero-order valence-electron chi connectivity index (χ0n) is 9.71. The van der Waals surface area contributed by atoms with Gasteiger partial charge in [-0.25, -0.2) is 0 Å². The van der Waals surface area contributed by atoms with Gasteiger partial charge >= 0.3 is 0 Å². The summed E-state index contributed by atoms with van der Waals surface area (Å²) in [5, 5.41) is 6.62. The molecule has 2 fully saturated rings. The zero-order valence-corrected chi connectivity index (χ0v) is 9.71. The first-order chi connectivity index (χ1) is 7.86. The lowest BCUT2D eigenvalue weighted by atomic mass is 10.1. The number of morpholine rings is 1. The molecule has 0 aromatic rings. The van der Waals surface area contributed by atoms with E-state index >= 15 is 0 Å².